The highest BCUT2D eigenvalue weighted by molar-refractivity contribution is 7.07. The van der Waals surface area contributed by atoms with E-state index >= 15 is 0 Å². The number of ether oxygens (including phenoxy) is 2. The number of hydrogen-bond acceptors (Lipinski definition) is 4. The average Bonchev–Trinajstić information content (AvgIpc) is 3.20. The Labute approximate surface area is 134 Å². The number of aliphatic imine (C=N–C) groups is 1. The van der Waals surface area contributed by atoms with Crippen molar-refractivity contribution in [3.8, 4) is 11.5 Å². The smallest absolute Gasteiger partial charge is 0.231 e. The first-order valence-electron chi connectivity index (χ1n) is 7.27. The summed E-state index contributed by atoms with van der Waals surface area (Å²) < 4.78 is 10.7. The molecule has 0 spiro atoms. The fourth-order valence-corrected chi connectivity index (χ4v) is 2.79. The predicted molar refractivity (Wildman–Crippen MR) is 88.5 cm³/mol. The van der Waals surface area contributed by atoms with Crippen molar-refractivity contribution >= 4 is 17.3 Å². The van der Waals surface area contributed by atoms with Crippen LogP contribution in [0.3, 0.4) is 0 Å². The highest BCUT2D eigenvalue weighted by Crippen LogP contribution is 2.32. The van der Waals surface area contributed by atoms with Gasteiger partial charge in [0.2, 0.25) is 6.79 Å². The number of benzene rings is 1. The van der Waals surface area contributed by atoms with Crippen molar-refractivity contribution in [2.45, 2.75) is 20.0 Å². The zero-order valence-electron chi connectivity index (χ0n) is 12.5. The summed E-state index contributed by atoms with van der Waals surface area (Å²) in [4.78, 5) is 4.59. The Morgan fingerprint density at radius 2 is 2.09 bits per heavy atom. The summed E-state index contributed by atoms with van der Waals surface area (Å²) >= 11 is 1.69. The van der Waals surface area contributed by atoms with Gasteiger partial charge >= 0.3 is 0 Å². The second kappa shape index (κ2) is 7.17. The number of nitrogens with zero attached hydrogens (tertiary/aromatic N) is 1. The molecule has 0 fully saturated rings. The van der Waals surface area contributed by atoms with E-state index in [1.807, 2.05) is 18.2 Å². The predicted octanol–water partition coefficient (Wildman–Crippen LogP) is 2.73. The molecule has 0 aliphatic carbocycles. The van der Waals surface area contributed by atoms with E-state index < -0.39 is 0 Å². The second-order valence-electron chi connectivity index (χ2n) is 4.87. The standard InChI is InChI=1S/C16H19N3O2S/c1-2-17-16(19-9-13-5-6-22-10-13)18-8-12-3-4-14-15(7-12)21-11-20-14/h3-7,10H,2,8-9,11H2,1H3,(H2,17,18,19). The molecule has 0 unspecified atom stereocenters. The van der Waals surface area contributed by atoms with Gasteiger partial charge in [-0.25, -0.2) is 4.99 Å². The van der Waals surface area contributed by atoms with Crippen molar-refractivity contribution in [3.05, 3.63) is 46.2 Å². The Morgan fingerprint density at radius 3 is 2.91 bits per heavy atom. The number of guanidine groups is 1. The molecular weight excluding hydrogens is 298 g/mol. The SMILES string of the molecule is CCNC(=NCc1ccsc1)NCc1ccc2c(c1)OCO2. The van der Waals surface area contributed by atoms with Crippen molar-refractivity contribution in [3.63, 3.8) is 0 Å². The molecule has 1 aromatic heterocycles. The zero-order valence-corrected chi connectivity index (χ0v) is 13.3. The first-order valence-corrected chi connectivity index (χ1v) is 8.21. The molecule has 22 heavy (non-hydrogen) atoms. The summed E-state index contributed by atoms with van der Waals surface area (Å²) in [5, 5.41) is 10.8. The van der Waals surface area contributed by atoms with E-state index in [1.54, 1.807) is 11.3 Å². The monoisotopic (exact) mass is 317 g/mol. The molecule has 0 atom stereocenters. The summed E-state index contributed by atoms with van der Waals surface area (Å²) in [5.74, 6) is 2.42. The Bertz CT molecular complexity index is 641. The van der Waals surface area contributed by atoms with Crippen molar-refractivity contribution in [1.29, 1.82) is 0 Å². The summed E-state index contributed by atoms with van der Waals surface area (Å²) in [6, 6.07) is 8.06. The van der Waals surface area contributed by atoms with Crippen molar-refractivity contribution in [1.82, 2.24) is 10.6 Å². The minimum atomic E-state index is 0.303. The lowest BCUT2D eigenvalue weighted by Gasteiger charge is -2.11. The number of rotatable bonds is 5. The largest absolute Gasteiger partial charge is 0.454 e. The van der Waals surface area contributed by atoms with E-state index in [4.69, 9.17) is 9.47 Å². The Morgan fingerprint density at radius 1 is 1.18 bits per heavy atom. The van der Waals surface area contributed by atoms with Crippen LogP contribution in [0.1, 0.15) is 18.1 Å². The average molecular weight is 317 g/mol. The summed E-state index contributed by atoms with van der Waals surface area (Å²) in [6.07, 6.45) is 0. The topological polar surface area (TPSA) is 54.9 Å². The summed E-state index contributed by atoms with van der Waals surface area (Å²) in [6.45, 7) is 4.56. The lowest BCUT2D eigenvalue weighted by atomic mass is 10.2. The third-order valence-electron chi connectivity index (χ3n) is 3.24. The highest BCUT2D eigenvalue weighted by atomic mass is 32.1. The van der Waals surface area contributed by atoms with E-state index in [9.17, 15) is 0 Å². The van der Waals surface area contributed by atoms with Crippen molar-refractivity contribution in [2.75, 3.05) is 13.3 Å². The van der Waals surface area contributed by atoms with Crippen LogP contribution in [0.25, 0.3) is 0 Å². The van der Waals surface area contributed by atoms with Gasteiger partial charge in [-0.2, -0.15) is 11.3 Å². The molecule has 116 valence electrons. The van der Waals surface area contributed by atoms with Crippen molar-refractivity contribution in [2.24, 2.45) is 4.99 Å². The highest BCUT2D eigenvalue weighted by Gasteiger charge is 2.13. The molecule has 3 rings (SSSR count). The van der Waals surface area contributed by atoms with Gasteiger partial charge in [0.05, 0.1) is 6.54 Å². The van der Waals surface area contributed by atoms with Crippen LogP contribution >= 0.6 is 11.3 Å². The first-order chi connectivity index (χ1) is 10.8. The minimum Gasteiger partial charge on any atom is -0.454 e. The van der Waals surface area contributed by atoms with Gasteiger partial charge in [0.1, 0.15) is 0 Å². The maximum Gasteiger partial charge on any atom is 0.231 e. The quantitative estimate of drug-likeness (QED) is 0.658. The van der Waals surface area contributed by atoms with Gasteiger partial charge in [-0.3, -0.25) is 0 Å². The lowest BCUT2D eigenvalue weighted by molar-refractivity contribution is 0.174. The van der Waals surface area contributed by atoms with Crippen LogP contribution in [-0.2, 0) is 13.1 Å². The van der Waals surface area contributed by atoms with Crippen molar-refractivity contribution < 1.29 is 9.47 Å². The van der Waals surface area contributed by atoms with Crippen LogP contribution in [0, 0.1) is 0 Å². The fraction of sp³-hybridized carbons (Fsp3) is 0.312. The van der Waals surface area contributed by atoms with E-state index in [-0.39, 0.29) is 0 Å². The molecule has 0 amide bonds. The molecule has 1 aliphatic heterocycles. The number of thiophene rings is 1. The number of hydrogen-bond donors (Lipinski definition) is 2. The van der Waals surface area contributed by atoms with Crippen LogP contribution in [0.15, 0.2) is 40.0 Å². The summed E-state index contributed by atoms with van der Waals surface area (Å²) in [5.41, 5.74) is 2.36. The molecule has 6 heteroatoms. The first kappa shape index (κ1) is 14.7. The van der Waals surface area contributed by atoms with Crippen LogP contribution in [0.4, 0.5) is 0 Å². The molecule has 2 aromatic rings. The molecule has 2 heterocycles. The Balaban J connectivity index is 1.60. The maximum atomic E-state index is 5.40. The van der Waals surface area contributed by atoms with Crippen LogP contribution < -0.4 is 20.1 Å². The molecule has 5 nitrogen and oxygen atoms in total. The molecule has 1 aliphatic rings. The van der Waals surface area contributed by atoms with Gasteiger partial charge < -0.3 is 20.1 Å². The summed E-state index contributed by atoms with van der Waals surface area (Å²) in [7, 11) is 0. The third kappa shape index (κ3) is 3.71. The van der Waals surface area contributed by atoms with Gasteiger partial charge in [0.15, 0.2) is 17.5 Å². The molecule has 0 saturated heterocycles. The molecule has 0 saturated carbocycles. The molecule has 2 N–H and O–H groups in total. The van der Waals surface area contributed by atoms with E-state index in [1.165, 1.54) is 5.56 Å². The van der Waals surface area contributed by atoms with Crippen LogP contribution in [0.5, 0.6) is 11.5 Å². The molecule has 0 radical (unpaired) electrons. The molecule has 1 aromatic carbocycles. The Kier molecular flexibility index (Phi) is 4.80. The minimum absolute atomic E-state index is 0.303. The maximum absolute atomic E-state index is 5.40. The Hall–Kier alpha value is -2.21. The van der Waals surface area contributed by atoms with Gasteiger partial charge in [-0.05, 0) is 47.0 Å². The normalized spacial score (nSPS) is 13.2. The van der Waals surface area contributed by atoms with Gasteiger partial charge in [-0.15, -0.1) is 0 Å². The van der Waals surface area contributed by atoms with E-state index in [2.05, 4.69) is 39.4 Å². The zero-order chi connectivity index (χ0) is 15.2. The van der Waals surface area contributed by atoms with Gasteiger partial charge in [-0.1, -0.05) is 6.07 Å². The lowest BCUT2D eigenvalue weighted by Crippen LogP contribution is -2.36. The number of fused-ring (bicyclic) bond motifs is 1. The second-order valence-corrected chi connectivity index (χ2v) is 5.65. The van der Waals surface area contributed by atoms with E-state index in [0.717, 1.165) is 29.6 Å². The number of nitrogens with one attached hydrogen (secondary N) is 2. The molecular formula is C16H19N3O2S. The van der Waals surface area contributed by atoms with Gasteiger partial charge in [0, 0.05) is 13.1 Å². The fourth-order valence-electron chi connectivity index (χ4n) is 2.13. The van der Waals surface area contributed by atoms with Crippen LogP contribution in [-0.4, -0.2) is 19.3 Å². The molecule has 0 bridgehead atoms. The third-order valence-corrected chi connectivity index (χ3v) is 3.97. The van der Waals surface area contributed by atoms with Crippen LogP contribution in [0.2, 0.25) is 0 Å². The van der Waals surface area contributed by atoms with E-state index in [0.29, 0.717) is 19.9 Å². The van der Waals surface area contributed by atoms with Gasteiger partial charge in [0.25, 0.3) is 0 Å².